The monoisotopic (exact) mass is 637 g/mol. The SMILES string of the molecule is CCCCNC(=O)[C@@H](Cc1ccccc1)N(Cc1c(Cl)cccc1Cl)C(=O)CN(c1cc(Cl)ccc1C)S(C)(=O)=O. The van der Waals surface area contributed by atoms with Gasteiger partial charge < -0.3 is 10.2 Å². The van der Waals surface area contributed by atoms with Gasteiger partial charge in [-0.3, -0.25) is 13.9 Å². The smallest absolute Gasteiger partial charge is 0.244 e. The Morgan fingerprint density at radius 3 is 2.22 bits per heavy atom. The van der Waals surface area contributed by atoms with Gasteiger partial charge in [0, 0.05) is 40.1 Å². The Kier molecular flexibility index (Phi) is 11.9. The zero-order chi connectivity index (χ0) is 30.2. The Morgan fingerprint density at radius 2 is 1.61 bits per heavy atom. The van der Waals surface area contributed by atoms with Gasteiger partial charge in [0.25, 0.3) is 0 Å². The van der Waals surface area contributed by atoms with Crippen LogP contribution in [0.1, 0.15) is 36.5 Å². The van der Waals surface area contributed by atoms with Crippen LogP contribution in [-0.2, 0) is 32.6 Å². The van der Waals surface area contributed by atoms with Crippen LogP contribution in [0, 0.1) is 6.92 Å². The first-order valence-corrected chi connectivity index (χ1v) is 16.2. The van der Waals surface area contributed by atoms with Crippen molar-refractivity contribution in [2.75, 3.05) is 23.7 Å². The van der Waals surface area contributed by atoms with Crippen molar-refractivity contribution in [3.05, 3.63) is 98.5 Å². The van der Waals surface area contributed by atoms with E-state index in [-0.39, 0.29) is 24.6 Å². The zero-order valence-corrected chi connectivity index (χ0v) is 26.3. The molecule has 2 amide bonds. The van der Waals surface area contributed by atoms with Crippen LogP contribution < -0.4 is 9.62 Å². The van der Waals surface area contributed by atoms with Gasteiger partial charge in [0.05, 0.1) is 11.9 Å². The quantitative estimate of drug-likeness (QED) is 0.223. The van der Waals surface area contributed by atoms with Crippen LogP contribution >= 0.6 is 34.8 Å². The molecule has 0 aliphatic heterocycles. The Bertz CT molecular complexity index is 1450. The van der Waals surface area contributed by atoms with E-state index in [4.69, 9.17) is 34.8 Å². The second-order valence-corrected chi connectivity index (χ2v) is 12.9. The standard InChI is InChI=1S/C30H34Cl3N3O4S/c1-4-5-16-34-30(38)28(17-22-10-7-6-8-11-22)35(19-24-25(32)12-9-13-26(24)33)29(37)20-36(41(3,39)40)27-18-23(31)15-14-21(27)2/h6-15,18,28H,4-5,16-17,19-20H2,1-3H3,(H,34,38)/t28-/m1/s1. The highest BCUT2D eigenvalue weighted by molar-refractivity contribution is 7.92. The molecule has 0 saturated carbocycles. The van der Waals surface area contributed by atoms with Crippen LogP contribution in [0.5, 0.6) is 0 Å². The van der Waals surface area contributed by atoms with Gasteiger partial charge in [-0.1, -0.05) is 90.6 Å². The van der Waals surface area contributed by atoms with Gasteiger partial charge in [0.1, 0.15) is 12.6 Å². The van der Waals surface area contributed by atoms with Crippen molar-refractivity contribution in [2.45, 2.75) is 45.7 Å². The molecule has 220 valence electrons. The van der Waals surface area contributed by atoms with E-state index in [0.717, 1.165) is 29.0 Å². The molecule has 0 fully saturated rings. The number of rotatable bonds is 13. The molecule has 3 rings (SSSR count). The molecule has 0 heterocycles. The lowest BCUT2D eigenvalue weighted by atomic mass is 10.0. The second kappa shape index (κ2) is 14.9. The Hall–Kier alpha value is -2.78. The molecule has 7 nitrogen and oxygen atoms in total. The van der Waals surface area contributed by atoms with Crippen LogP contribution in [0.3, 0.4) is 0 Å². The van der Waals surface area contributed by atoms with Crippen molar-refractivity contribution in [1.29, 1.82) is 0 Å². The van der Waals surface area contributed by atoms with Crippen molar-refractivity contribution < 1.29 is 18.0 Å². The number of carbonyl (C=O) groups is 2. The largest absolute Gasteiger partial charge is 0.354 e. The Balaban J connectivity index is 2.11. The fraction of sp³-hybridized carbons (Fsp3) is 0.333. The maximum Gasteiger partial charge on any atom is 0.244 e. The third kappa shape index (κ3) is 9.10. The molecular formula is C30H34Cl3N3O4S. The average molecular weight is 639 g/mol. The number of halogens is 3. The summed E-state index contributed by atoms with van der Waals surface area (Å²) in [6.45, 7) is 3.51. The number of hydrogen-bond donors (Lipinski definition) is 1. The lowest BCUT2D eigenvalue weighted by Crippen LogP contribution is -2.53. The molecule has 3 aromatic rings. The van der Waals surface area contributed by atoms with Crippen molar-refractivity contribution in [1.82, 2.24) is 10.2 Å². The van der Waals surface area contributed by atoms with E-state index in [0.29, 0.717) is 32.7 Å². The predicted octanol–water partition coefficient (Wildman–Crippen LogP) is 6.28. The molecule has 0 aromatic heterocycles. The molecule has 0 aliphatic carbocycles. The summed E-state index contributed by atoms with van der Waals surface area (Å²) in [6, 6.07) is 18.1. The van der Waals surface area contributed by atoms with Crippen LogP contribution in [-0.4, -0.2) is 50.5 Å². The van der Waals surface area contributed by atoms with Gasteiger partial charge in [-0.2, -0.15) is 0 Å². The molecule has 0 bridgehead atoms. The molecule has 3 aromatic carbocycles. The van der Waals surface area contributed by atoms with E-state index in [1.54, 1.807) is 37.3 Å². The summed E-state index contributed by atoms with van der Waals surface area (Å²) >= 11 is 19.2. The van der Waals surface area contributed by atoms with E-state index >= 15 is 0 Å². The molecule has 41 heavy (non-hydrogen) atoms. The fourth-order valence-electron chi connectivity index (χ4n) is 4.36. The van der Waals surface area contributed by atoms with Gasteiger partial charge >= 0.3 is 0 Å². The fourth-order valence-corrected chi connectivity index (χ4v) is 5.94. The molecule has 11 heteroatoms. The maximum absolute atomic E-state index is 14.2. The minimum atomic E-state index is -3.92. The summed E-state index contributed by atoms with van der Waals surface area (Å²) in [5, 5.41) is 3.91. The zero-order valence-electron chi connectivity index (χ0n) is 23.2. The highest BCUT2D eigenvalue weighted by Gasteiger charge is 2.34. The van der Waals surface area contributed by atoms with Gasteiger partial charge in [0.15, 0.2) is 0 Å². The average Bonchev–Trinajstić information content (AvgIpc) is 2.92. The summed E-state index contributed by atoms with van der Waals surface area (Å²) < 4.78 is 27.0. The number of amides is 2. The highest BCUT2D eigenvalue weighted by Crippen LogP contribution is 2.29. The number of carbonyl (C=O) groups excluding carboxylic acids is 2. The minimum absolute atomic E-state index is 0.109. The first-order valence-electron chi connectivity index (χ1n) is 13.2. The number of hydrogen-bond acceptors (Lipinski definition) is 4. The summed E-state index contributed by atoms with van der Waals surface area (Å²) in [4.78, 5) is 29.2. The van der Waals surface area contributed by atoms with E-state index in [1.807, 2.05) is 37.3 Å². The molecule has 0 saturated heterocycles. The first kappa shape index (κ1) is 32.7. The number of sulfonamides is 1. The van der Waals surface area contributed by atoms with Crippen LogP contribution in [0.4, 0.5) is 5.69 Å². The minimum Gasteiger partial charge on any atom is -0.354 e. The number of unbranched alkanes of at least 4 members (excludes halogenated alkanes) is 1. The molecular weight excluding hydrogens is 605 g/mol. The number of aryl methyl sites for hydroxylation is 1. The first-order chi connectivity index (χ1) is 19.4. The van der Waals surface area contributed by atoms with Crippen molar-refractivity contribution in [3.63, 3.8) is 0 Å². The summed E-state index contributed by atoms with van der Waals surface area (Å²) in [5.41, 5.74) is 2.17. The summed E-state index contributed by atoms with van der Waals surface area (Å²) in [5.74, 6) is -0.957. The van der Waals surface area contributed by atoms with Gasteiger partial charge in [-0.25, -0.2) is 8.42 Å². The molecule has 1 atom stereocenters. The topological polar surface area (TPSA) is 86.8 Å². The van der Waals surface area contributed by atoms with Gasteiger partial charge in [0.2, 0.25) is 21.8 Å². The maximum atomic E-state index is 14.2. The van der Waals surface area contributed by atoms with Crippen LogP contribution in [0.2, 0.25) is 15.1 Å². The van der Waals surface area contributed by atoms with Crippen molar-refractivity contribution in [2.24, 2.45) is 0 Å². The lowest BCUT2D eigenvalue weighted by molar-refractivity contribution is -0.140. The molecule has 0 unspecified atom stereocenters. The second-order valence-electron chi connectivity index (χ2n) is 9.77. The van der Waals surface area contributed by atoms with E-state index in [1.165, 1.54) is 11.0 Å². The van der Waals surface area contributed by atoms with Crippen molar-refractivity contribution in [3.8, 4) is 0 Å². The van der Waals surface area contributed by atoms with Crippen LogP contribution in [0.25, 0.3) is 0 Å². The molecule has 0 aliphatic rings. The third-order valence-electron chi connectivity index (χ3n) is 6.61. The van der Waals surface area contributed by atoms with E-state index in [9.17, 15) is 18.0 Å². The summed E-state index contributed by atoms with van der Waals surface area (Å²) in [7, 11) is -3.92. The molecule has 0 radical (unpaired) electrons. The van der Waals surface area contributed by atoms with Crippen LogP contribution in [0.15, 0.2) is 66.7 Å². The number of nitrogens with zero attached hydrogens (tertiary/aromatic N) is 2. The van der Waals surface area contributed by atoms with E-state index in [2.05, 4.69) is 5.32 Å². The van der Waals surface area contributed by atoms with Gasteiger partial charge in [-0.15, -0.1) is 0 Å². The van der Waals surface area contributed by atoms with Gasteiger partial charge in [-0.05, 0) is 48.7 Å². The normalized spacial score (nSPS) is 12.0. The third-order valence-corrected chi connectivity index (χ3v) is 8.68. The Morgan fingerprint density at radius 1 is 0.951 bits per heavy atom. The summed E-state index contributed by atoms with van der Waals surface area (Å²) in [6.07, 6.45) is 2.87. The highest BCUT2D eigenvalue weighted by atomic mass is 35.5. The number of benzene rings is 3. The predicted molar refractivity (Wildman–Crippen MR) is 167 cm³/mol. The molecule has 0 spiro atoms. The Labute approximate surface area is 257 Å². The van der Waals surface area contributed by atoms with Crippen molar-refractivity contribution >= 4 is 62.3 Å². The number of nitrogens with one attached hydrogen (secondary N) is 1. The number of anilines is 1. The molecule has 1 N–H and O–H groups in total. The lowest BCUT2D eigenvalue weighted by Gasteiger charge is -2.34. The van der Waals surface area contributed by atoms with E-state index < -0.39 is 28.5 Å².